The molecule has 1 aromatic heterocycles. The number of aliphatic hydroxyl groups excluding tert-OH is 1. The summed E-state index contributed by atoms with van der Waals surface area (Å²) in [4.78, 5) is 2.40. The van der Waals surface area contributed by atoms with E-state index < -0.39 is 0 Å². The van der Waals surface area contributed by atoms with Crippen molar-refractivity contribution in [1.29, 1.82) is 0 Å². The highest BCUT2D eigenvalue weighted by molar-refractivity contribution is 9.10. The van der Waals surface area contributed by atoms with Crippen LogP contribution in [0.4, 0.5) is 0 Å². The number of nitrogens with zero attached hydrogens (tertiary/aromatic N) is 3. The van der Waals surface area contributed by atoms with Gasteiger partial charge in [0.1, 0.15) is 0 Å². The van der Waals surface area contributed by atoms with Gasteiger partial charge in [0.15, 0.2) is 0 Å². The zero-order valence-corrected chi connectivity index (χ0v) is 13.5. The third-order valence-corrected chi connectivity index (χ3v) is 4.94. The van der Waals surface area contributed by atoms with Gasteiger partial charge in [0.05, 0.1) is 22.5 Å². The quantitative estimate of drug-likeness (QED) is 0.835. The van der Waals surface area contributed by atoms with Gasteiger partial charge in [-0.3, -0.25) is 9.58 Å². The molecule has 5 heteroatoms. The van der Waals surface area contributed by atoms with Crippen LogP contribution in [0.25, 0.3) is 0 Å². The van der Waals surface area contributed by atoms with Gasteiger partial charge < -0.3 is 5.11 Å². The van der Waals surface area contributed by atoms with Crippen molar-refractivity contribution in [2.24, 2.45) is 0 Å². The van der Waals surface area contributed by atoms with Crippen molar-refractivity contribution in [1.82, 2.24) is 14.7 Å². The van der Waals surface area contributed by atoms with E-state index in [9.17, 15) is 5.11 Å². The van der Waals surface area contributed by atoms with E-state index in [-0.39, 0.29) is 6.61 Å². The van der Waals surface area contributed by atoms with Crippen molar-refractivity contribution in [2.75, 3.05) is 13.2 Å². The lowest BCUT2D eigenvalue weighted by molar-refractivity contribution is 0.0917. The molecule has 0 unspecified atom stereocenters. The largest absolute Gasteiger partial charge is 0.395 e. The van der Waals surface area contributed by atoms with Crippen LogP contribution >= 0.6 is 15.9 Å². The first kappa shape index (κ1) is 15.0. The van der Waals surface area contributed by atoms with Gasteiger partial charge >= 0.3 is 0 Å². The molecular formula is C14H24BrN3O. The molecule has 0 spiro atoms. The van der Waals surface area contributed by atoms with Crippen molar-refractivity contribution in [2.45, 2.75) is 58.7 Å². The molecule has 1 heterocycles. The Balaban J connectivity index is 2.17. The van der Waals surface area contributed by atoms with Crippen molar-refractivity contribution in [3.05, 3.63) is 15.9 Å². The SMILES string of the molecule is CCc1nn(CC)c(CN(CCO)C2CCC2)c1Br. The van der Waals surface area contributed by atoms with Crippen LogP contribution < -0.4 is 0 Å². The Bertz CT molecular complexity index is 415. The van der Waals surface area contributed by atoms with Crippen molar-refractivity contribution < 1.29 is 5.11 Å². The summed E-state index contributed by atoms with van der Waals surface area (Å²) in [5, 5.41) is 13.9. The molecule has 1 fully saturated rings. The number of aromatic nitrogens is 2. The maximum Gasteiger partial charge on any atom is 0.0767 e. The maximum atomic E-state index is 9.25. The Hall–Kier alpha value is -0.390. The van der Waals surface area contributed by atoms with Crippen LogP contribution in [-0.4, -0.2) is 39.0 Å². The number of hydrogen-bond acceptors (Lipinski definition) is 3. The van der Waals surface area contributed by atoms with E-state index in [2.05, 4.69) is 44.5 Å². The Kier molecular flexibility index (Phi) is 5.42. The number of rotatable bonds is 7. The maximum absolute atomic E-state index is 9.25. The fourth-order valence-electron chi connectivity index (χ4n) is 2.63. The second kappa shape index (κ2) is 6.86. The Morgan fingerprint density at radius 3 is 2.63 bits per heavy atom. The van der Waals surface area contributed by atoms with Crippen LogP contribution in [0.1, 0.15) is 44.5 Å². The summed E-state index contributed by atoms with van der Waals surface area (Å²) < 4.78 is 3.24. The summed E-state index contributed by atoms with van der Waals surface area (Å²) in [5.41, 5.74) is 2.38. The third kappa shape index (κ3) is 3.20. The van der Waals surface area contributed by atoms with Gasteiger partial charge in [-0.25, -0.2) is 0 Å². The highest BCUT2D eigenvalue weighted by Crippen LogP contribution is 2.29. The summed E-state index contributed by atoms with van der Waals surface area (Å²) >= 11 is 3.70. The summed E-state index contributed by atoms with van der Waals surface area (Å²) in [5.74, 6) is 0. The number of halogens is 1. The first-order chi connectivity index (χ1) is 9.21. The highest BCUT2D eigenvalue weighted by Gasteiger charge is 2.26. The minimum absolute atomic E-state index is 0.231. The average molecular weight is 330 g/mol. The van der Waals surface area contributed by atoms with Gasteiger partial charge in [-0.05, 0) is 42.1 Å². The topological polar surface area (TPSA) is 41.3 Å². The van der Waals surface area contributed by atoms with Crippen molar-refractivity contribution >= 4 is 15.9 Å². The van der Waals surface area contributed by atoms with Gasteiger partial charge in [-0.15, -0.1) is 0 Å². The lowest BCUT2D eigenvalue weighted by Gasteiger charge is -2.37. The summed E-state index contributed by atoms with van der Waals surface area (Å²) in [7, 11) is 0. The normalized spacial score (nSPS) is 16.1. The lowest BCUT2D eigenvalue weighted by atomic mass is 9.91. The van der Waals surface area contributed by atoms with Crippen LogP contribution in [0.3, 0.4) is 0 Å². The molecule has 0 saturated heterocycles. The minimum atomic E-state index is 0.231. The van der Waals surface area contributed by atoms with Gasteiger partial charge in [-0.2, -0.15) is 5.10 Å². The van der Waals surface area contributed by atoms with Crippen LogP contribution in [-0.2, 0) is 19.5 Å². The molecule has 2 rings (SSSR count). The highest BCUT2D eigenvalue weighted by atomic mass is 79.9. The Labute approximate surface area is 123 Å². The molecule has 108 valence electrons. The molecule has 1 N–H and O–H groups in total. The Morgan fingerprint density at radius 2 is 2.16 bits per heavy atom. The van der Waals surface area contributed by atoms with Crippen LogP contribution in [0, 0.1) is 0 Å². The minimum Gasteiger partial charge on any atom is -0.395 e. The van der Waals surface area contributed by atoms with Gasteiger partial charge in [0.2, 0.25) is 0 Å². The molecule has 0 radical (unpaired) electrons. The molecule has 1 saturated carbocycles. The molecule has 0 aliphatic heterocycles. The zero-order valence-electron chi connectivity index (χ0n) is 11.9. The summed E-state index contributed by atoms with van der Waals surface area (Å²) in [6.07, 6.45) is 4.79. The van der Waals surface area contributed by atoms with Crippen LogP contribution in [0.2, 0.25) is 0 Å². The monoisotopic (exact) mass is 329 g/mol. The van der Waals surface area contributed by atoms with E-state index >= 15 is 0 Å². The van der Waals surface area contributed by atoms with E-state index in [4.69, 9.17) is 0 Å². The molecule has 1 aliphatic carbocycles. The van der Waals surface area contributed by atoms with Crippen molar-refractivity contribution in [3.8, 4) is 0 Å². The summed E-state index contributed by atoms with van der Waals surface area (Å²) in [6.45, 7) is 7.02. The molecule has 1 aliphatic rings. The predicted octanol–water partition coefficient (Wildman–Crippen LogP) is 2.57. The van der Waals surface area contributed by atoms with E-state index in [0.29, 0.717) is 6.04 Å². The van der Waals surface area contributed by atoms with Gasteiger partial charge in [-0.1, -0.05) is 13.3 Å². The van der Waals surface area contributed by atoms with Gasteiger partial charge in [0.25, 0.3) is 0 Å². The first-order valence-electron chi connectivity index (χ1n) is 7.30. The average Bonchev–Trinajstić information content (AvgIpc) is 2.64. The number of hydrogen-bond donors (Lipinski definition) is 1. The first-order valence-corrected chi connectivity index (χ1v) is 8.09. The van der Waals surface area contributed by atoms with Crippen LogP contribution in [0.15, 0.2) is 4.47 Å². The molecule has 0 bridgehead atoms. The fourth-order valence-corrected chi connectivity index (χ4v) is 3.32. The molecular weight excluding hydrogens is 306 g/mol. The molecule has 19 heavy (non-hydrogen) atoms. The molecule has 1 aromatic rings. The van der Waals surface area contributed by atoms with Crippen molar-refractivity contribution in [3.63, 3.8) is 0 Å². The molecule has 0 atom stereocenters. The Morgan fingerprint density at radius 1 is 1.42 bits per heavy atom. The number of aliphatic hydroxyl groups is 1. The number of aryl methyl sites for hydroxylation is 2. The fraction of sp³-hybridized carbons (Fsp3) is 0.786. The lowest BCUT2D eigenvalue weighted by Crippen LogP contribution is -2.41. The van der Waals surface area contributed by atoms with E-state index in [1.54, 1.807) is 0 Å². The predicted molar refractivity (Wildman–Crippen MR) is 80.1 cm³/mol. The third-order valence-electron chi connectivity index (χ3n) is 4.03. The van der Waals surface area contributed by atoms with E-state index in [0.717, 1.165) is 36.2 Å². The second-order valence-electron chi connectivity index (χ2n) is 5.16. The van der Waals surface area contributed by atoms with Gasteiger partial charge in [0, 0.05) is 25.7 Å². The second-order valence-corrected chi connectivity index (χ2v) is 5.95. The molecule has 4 nitrogen and oxygen atoms in total. The molecule has 0 amide bonds. The molecule has 0 aromatic carbocycles. The van der Waals surface area contributed by atoms with E-state index in [1.807, 2.05) is 0 Å². The standard InChI is InChI=1S/C14H24BrN3O/c1-3-12-14(15)13(18(4-2)16-12)10-17(8-9-19)11-6-5-7-11/h11,19H,3-10H2,1-2H3. The summed E-state index contributed by atoms with van der Waals surface area (Å²) in [6, 6.07) is 0.643. The van der Waals surface area contributed by atoms with Crippen LogP contribution in [0.5, 0.6) is 0 Å². The van der Waals surface area contributed by atoms with E-state index in [1.165, 1.54) is 25.0 Å². The zero-order chi connectivity index (χ0) is 13.8. The smallest absolute Gasteiger partial charge is 0.0767 e.